The van der Waals surface area contributed by atoms with Crippen molar-refractivity contribution in [2.24, 2.45) is 11.8 Å². The molecular formula is C34H41F3N2O10. The number of aliphatic hydroxyl groups is 3. The van der Waals surface area contributed by atoms with E-state index < -0.39 is 53.1 Å². The zero-order valence-electron chi connectivity index (χ0n) is 26.8. The van der Waals surface area contributed by atoms with Crippen LogP contribution in [0.25, 0.3) is 0 Å². The van der Waals surface area contributed by atoms with Crippen molar-refractivity contribution in [3.05, 3.63) is 99.6 Å². The van der Waals surface area contributed by atoms with Crippen LogP contribution in [0.15, 0.2) is 72.8 Å². The number of hydrogen-bond acceptors (Lipinski definition) is 10. The van der Waals surface area contributed by atoms with Crippen molar-refractivity contribution in [1.82, 2.24) is 5.32 Å². The second-order valence-electron chi connectivity index (χ2n) is 11.7. The van der Waals surface area contributed by atoms with Crippen molar-refractivity contribution in [3.8, 4) is 5.75 Å². The van der Waals surface area contributed by atoms with Gasteiger partial charge >= 0.3 is 12.1 Å². The van der Waals surface area contributed by atoms with Crippen molar-refractivity contribution in [2.75, 3.05) is 6.61 Å². The predicted octanol–water partition coefficient (Wildman–Crippen LogP) is 4.43. The van der Waals surface area contributed by atoms with Crippen LogP contribution >= 0.6 is 0 Å². The molecule has 0 spiro atoms. The molecule has 2 aromatic carbocycles. The molecular weight excluding hydrogens is 653 g/mol. The Balaban J connectivity index is 1.37. The first-order chi connectivity index (χ1) is 23.2. The Kier molecular flexibility index (Phi) is 15.0. The standard InChI is InChI=1S/C34H41F3N2O10/c1-22(33(44)48-19-23-9-6-7-10-24(23)20-49-39(45)46)38-32(43)14-5-3-2-4-13-28-29(31(42)18-30(28)41)16-15-26(40)21-47-27-12-8-11-25(17-27)34(35,36)37/h2,4,6-12,15-17,22,26,28-31,40-42H,3,5,13-14,18-21H2,1H3,(H,38,43)/b4-2-,16-15+/t22?,26-,28-,29-,30+,31-/m1/s1. The molecule has 1 unspecified atom stereocenters. The highest BCUT2D eigenvalue weighted by molar-refractivity contribution is 5.84. The molecule has 1 saturated carbocycles. The third-order valence-electron chi connectivity index (χ3n) is 7.95. The smallest absolute Gasteiger partial charge is 0.416 e. The lowest BCUT2D eigenvalue weighted by Crippen LogP contribution is -2.39. The van der Waals surface area contributed by atoms with Gasteiger partial charge in [0.15, 0.2) is 0 Å². The number of aliphatic hydroxyl groups excluding tert-OH is 3. The number of esters is 1. The number of amides is 1. The van der Waals surface area contributed by atoms with Crippen LogP contribution < -0.4 is 10.1 Å². The monoisotopic (exact) mass is 694 g/mol. The number of rotatable bonds is 18. The molecule has 1 amide bonds. The lowest BCUT2D eigenvalue weighted by Gasteiger charge is -2.19. The zero-order valence-corrected chi connectivity index (χ0v) is 26.8. The van der Waals surface area contributed by atoms with Gasteiger partial charge in [-0.25, -0.2) is 4.79 Å². The van der Waals surface area contributed by atoms with Crippen molar-refractivity contribution < 1.29 is 57.5 Å². The second kappa shape index (κ2) is 18.9. The summed E-state index contributed by atoms with van der Waals surface area (Å²) in [5.74, 6) is -1.89. The predicted molar refractivity (Wildman–Crippen MR) is 169 cm³/mol. The fourth-order valence-electron chi connectivity index (χ4n) is 5.32. The molecule has 0 aliphatic heterocycles. The summed E-state index contributed by atoms with van der Waals surface area (Å²) in [7, 11) is 0. The van der Waals surface area contributed by atoms with Crippen LogP contribution in [0.4, 0.5) is 13.2 Å². The number of hydrogen-bond donors (Lipinski definition) is 4. The van der Waals surface area contributed by atoms with Crippen molar-refractivity contribution in [2.45, 2.75) is 82.8 Å². The van der Waals surface area contributed by atoms with Crippen molar-refractivity contribution in [1.29, 1.82) is 0 Å². The third-order valence-corrected chi connectivity index (χ3v) is 7.95. The molecule has 0 heterocycles. The maximum absolute atomic E-state index is 12.9. The average molecular weight is 695 g/mol. The van der Waals surface area contributed by atoms with E-state index in [1.807, 2.05) is 12.2 Å². The zero-order chi connectivity index (χ0) is 36.0. The summed E-state index contributed by atoms with van der Waals surface area (Å²) in [5, 5.41) is 43.4. The molecule has 2 aromatic rings. The lowest BCUT2D eigenvalue weighted by atomic mass is 9.89. The number of nitrogens with one attached hydrogen (secondary N) is 1. The Morgan fingerprint density at radius 2 is 1.80 bits per heavy atom. The van der Waals surface area contributed by atoms with Crippen LogP contribution in [0.1, 0.15) is 55.7 Å². The molecule has 12 nitrogen and oxygen atoms in total. The Hall–Kier alpha value is -4.47. The highest BCUT2D eigenvalue weighted by Crippen LogP contribution is 2.36. The van der Waals surface area contributed by atoms with Gasteiger partial charge in [0.25, 0.3) is 5.09 Å². The minimum Gasteiger partial charge on any atom is -0.491 e. The maximum Gasteiger partial charge on any atom is 0.416 e. The number of halogens is 3. The number of allylic oxidation sites excluding steroid dienone is 2. The number of ether oxygens (including phenoxy) is 2. The summed E-state index contributed by atoms with van der Waals surface area (Å²) < 4.78 is 49.3. The number of benzene rings is 2. The lowest BCUT2D eigenvalue weighted by molar-refractivity contribution is -0.763. The Labute approximate surface area is 281 Å². The molecule has 49 heavy (non-hydrogen) atoms. The largest absolute Gasteiger partial charge is 0.491 e. The van der Waals surface area contributed by atoms with Crippen LogP contribution in [0.5, 0.6) is 5.75 Å². The maximum atomic E-state index is 12.9. The average Bonchev–Trinajstić information content (AvgIpc) is 3.33. The molecule has 4 N–H and O–H groups in total. The van der Waals surface area contributed by atoms with Crippen LogP contribution in [-0.4, -0.2) is 63.2 Å². The van der Waals surface area contributed by atoms with Gasteiger partial charge in [0, 0.05) is 18.8 Å². The third kappa shape index (κ3) is 13.2. The molecule has 3 rings (SSSR count). The molecule has 0 saturated heterocycles. The van der Waals surface area contributed by atoms with Crippen LogP contribution in [0.3, 0.4) is 0 Å². The fraction of sp³-hybridized carbons (Fsp3) is 0.471. The molecule has 0 bridgehead atoms. The van der Waals surface area contributed by atoms with Crippen molar-refractivity contribution >= 4 is 11.9 Å². The fourth-order valence-corrected chi connectivity index (χ4v) is 5.32. The molecule has 15 heteroatoms. The molecule has 0 radical (unpaired) electrons. The van der Waals surface area contributed by atoms with E-state index in [0.717, 1.165) is 12.1 Å². The molecule has 0 aromatic heterocycles. The van der Waals surface area contributed by atoms with E-state index in [2.05, 4.69) is 10.2 Å². The molecule has 6 atom stereocenters. The molecule has 1 fully saturated rings. The van der Waals surface area contributed by atoms with E-state index in [0.29, 0.717) is 30.4 Å². The summed E-state index contributed by atoms with van der Waals surface area (Å²) in [6.07, 6.45) is 1.05. The van der Waals surface area contributed by atoms with Gasteiger partial charge < -0.3 is 34.9 Å². The minimum atomic E-state index is -4.52. The summed E-state index contributed by atoms with van der Waals surface area (Å²) in [6.45, 7) is 0.735. The van der Waals surface area contributed by atoms with Crippen LogP contribution in [-0.2, 0) is 38.6 Å². The van der Waals surface area contributed by atoms with Gasteiger partial charge in [0.1, 0.15) is 37.7 Å². The van der Waals surface area contributed by atoms with Gasteiger partial charge in [-0.15, -0.1) is 10.1 Å². The van der Waals surface area contributed by atoms with Gasteiger partial charge in [0.05, 0.1) is 17.8 Å². The first-order valence-electron chi connectivity index (χ1n) is 15.7. The second-order valence-corrected chi connectivity index (χ2v) is 11.7. The summed E-state index contributed by atoms with van der Waals surface area (Å²) in [4.78, 5) is 39.6. The van der Waals surface area contributed by atoms with Crippen LogP contribution in [0, 0.1) is 22.0 Å². The minimum absolute atomic E-state index is 0.0463. The summed E-state index contributed by atoms with van der Waals surface area (Å²) in [5.41, 5.74) is 0.151. The number of nitrogens with zero attached hydrogens (tertiary/aromatic N) is 1. The van der Waals surface area contributed by atoms with Gasteiger partial charge in [-0.1, -0.05) is 54.6 Å². The number of alkyl halides is 3. The van der Waals surface area contributed by atoms with Crippen molar-refractivity contribution in [3.63, 3.8) is 0 Å². The number of carbonyl (C=O) groups is 2. The number of unbranched alkanes of at least 4 members (excludes halogenated alkanes) is 1. The Morgan fingerprint density at radius 3 is 2.49 bits per heavy atom. The van der Waals surface area contributed by atoms with E-state index in [-0.39, 0.29) is 50.2 Å². The van der Waals surface area contributed by atoms with E-state index in [1.54, 1.807) is 30.3 Å². The highest BCUT2D eigenvalue weighted by atomic mass is 19.4. The molecule has 1 aliphatic rings. The SMILES string of the molecule is CC(NC(=O)CCC/C=C\C[C@@H]1[C@@H](/C=C/[C@@H](O)COc2cccc(C(F)(F)F)c2)[C@H](O)C[C@@H]1O)C(=O)OCc1ccccc1CO[N+](=O)[O-]. The van der Waals surface area contributed by atoms with E-state index in [1.165, 1.54) is 25.1 Å². The Morgan fingerprint density at radius 1 is 1.08 bits per heavy atom. The van der Waals surface area contributed by atoms with Crippen LogP contribution in [0.2, 0.25) is 0 Å². The summed E-state index contributed by atoms with van der Waals surface area (Å²) in [6, 6.07) is 10.0. The first kappa shape index (κ1) is 39.0. The molecule has 1 aliphatic carbocycles. The topological polar surface area (TPSA) is 178 Å². The highest BCUT2D eigenvalue weighted by Gasteiger charge is 2.39. The normalized spacial score (nSPS) is 20.6. The quantitative estimate of drug-likeness (QED) is 0.0574. The van der Waals surface area contributed by atoms with E-state index in [9.17, 15) is 48.2 Å². The number of carbonyl (C=O) groups excluding carboxylic acids is 2. The van der Waals surface area contributed by atoms with E-state index in [4.69, 9.17) is 9.47 Å². The van der Waals surface area contributed by atoms with Gasteiger partial charge in [-0.05, 0) is 61.4 Å². The first-order valence-corrected chi connectivity index (χ1v) is 15.7. The van der Waals surface area contributed by atoms with Gasteiger partial charge in [0.2, 0.25) is 5.91 Å². The van der Waals surface area contributed by atoms with Gasteiger partial charge in [-0.2, -0.15) is 13.2 Å². The molecule has 268 valence electrons. The Bertz CT molecular complexity index is 1450. The van der Waals surface area contributed by atoms with E-state index >= 15 is 0 Å². The van der Waals surface area contributed by atoms with Gasteiger partial charge in [-0.3, -0.25) is 4.79 Å². The summed E-state index contributed by atoms with van der Waals surface area (Å²) >= 11 is 0.